The molecule has 2 aliphatic carbocycles. The molecule has 2 atom stereocenters. The van der Waals surface area contributed by atoms with E-state index in [0.29, 0.717) is 64.5 Å². The maximum Gasteiger partial charge on any atom is 0.266 e. The third-order valence-corrected chi connectivity index (χ3v) is 18.2. The minimum Gasteiger partial charge on any atom is -0.378 e. The maximum atomic E-state index is 15.5. The molecule has 0 unspecified atom stereocenters. The summed E-state index contributed by atoms with van der Waals surface area (Å²) < 4.78 is 56.1. The smallest absolute Gasteiger partial charge is 0.266 e. The van der Waals surface area contributed by atoms with Gasteiger partial charge in [-0.3, -0.25) is 38.8 Å². The molecule has 428 valence electrons. The number of hydrogen-bond acceptors (Lipinski definition) is 15. The number of ether oxygens (including phenoxy) is 2. The van der Waals surface area contributed by atoms with E-state index in [1.54, 1.807) is 35.9 Å². The number of likely N-dealkylation sites (tertiary alicyclic amines) is 1. The van der Waals surface area contributed by atoms with Gasteiger partial charge in [-0.15, -0.1) is 11.3 Å². The third-order valence-electron chi connectivity index (χ3n) is 15.7. The Morgan fingerprint density at radius 2 is 1.61 bits per heavy atom. The highest BCUT2D eigenvalue weighted by Crippen LogP contribution is 2.38. The van der Waals surface area contributed by atoms with Crippen molar-refractivity contribution in [3.8, 4) is 11.3 Å². The Bertz CT molecular complexity index is 3000. The second-order valence-electron chi connectivity index (χ2n) is 21.1. The number of benzene rings is 2. The van der Waals surface area contributed by atoms with Crippen molar-refractivity contribution >= 4 is 78.8 Å². The number of amides is 4. The highest BCUT2D eigenvalue weighted by atomic mass is 35.5. The molecule has 80 heavy (non-hydrogen) atoms. The van der Waals surface area contributed by atoms with Crippen molar-refractivity contribution in [1.29, 1.82) is 0 Å². The molecule has 4 N–H and O–H groups in total. The van der Waals surface area contributed by atoms with Crippen LogP contribution in [0.4, 0.5) is 26.6 Å². The number of carbonyl (C=O) groups excluding carboxylic acids is 4. The first-order valence-electron chi connectivity index (χ1n) is 27.6. The second kappa shape index (κ2) is 27.4. The first-order chi connectivity index (χ1) is 38.7. The number of rotatable bonds is 23. The fourth-order valence-corrected chi connectivity index (χ4v) is 13.3. The van der Waals surface area contributed by atoms with Crippen LogP contribution in [0.3, 0.4) is 0 Å². The van der Waals surface area contributed by atoms with Crippen LogP contribution < -0.4 is 25.6 Å². The number of anilines is 4. The number of halogens is 2. The molecule has 9 rings (SSSR count). The molecule has 0 spiro atoms. The number of likely N-dealkylation sites (N-methyl/N-ethyl adjacent to an activating group) is 1. The van der Waals surface area contributed by atoms with Gasteiger partial charge in [0.15, 0.2) is 5.13 Å². The minimum absolute atomic E-state index is 0.00391. The molecule has 2 aliphatic heterocycles. The molecule has 0 bridgehead atoms. The fraction of sp³-hybridized carbons (Fsp3) is 0.491. The lowest BCUT2D eigenvalue weighted by Gasteiger charge is -2.38. The van der Waals surface area contributed by atoms with E-state index in [0.717, 1.165) is 110 Å². The molecular weight excluding hydrogens is 1090 g/mol. The summed E-state index contributed by atoms with van der Waals surface area (Å²) in [5, 5.41) is 11.1. The highest BCUT2D eigenvalue weighted by molar-refractivity contribution is 7.93. The molecule has 2 saturated heterocycles. The SMILES string of the molecule is CN(CCN1CCN(C(=O)C2CCC(NC(=O)CCCOC3CCC(OCCNC(=O)[C@H]4CC(=O)N(C)[C@@H]4c4cccnc4)CC3)CC2)CC1)c1cc(-c2ccccc2)ncc1Nc1cc(F)c(S(=O)(=O)Nc2nccs2)cc1Cl. The van der Waals surface area contributed by atoms with Gasteiger partial charge in [-0.05, 0) is 81.5 Å². The predicted molar refractivity (Wildman–Crippen MR) is 306 cm³/mol. The highest BCUT2D eigenvalue weighted by Gasteiger charge is 2.43. The van der Waals surface area contributed by atoms with Gasteiger partial charge in [-0.25, -0.2) is 17.8 Å². The van der Waals surface area contributed by atoms with E-state index < -0.39 is 26.7 Å². The molecular formula is C57H71ClFN11O8S2. The van der Waals surface area contributed by atoms with Crippen LogP contribution in [0.2, 0.25) is 5.02 Å². The Kier molecular flexibility index (Phi) is 20.0. The summed E-state index contributed by atoms with van der Waals surface area (Å²) in [6, 6.07) is 17.3. The molecule has 5 aromatic rings. The third kappa shape index (κ3) is 15.2. The number of pyridine rings is 2. The Hall–Kier alpha value is -6.30. The Balaban J connectivity index is 0.648. The standard InChI is InChI=1S/C57H71ClFN11O8S2/c1-67(50-35-47(38-8-4-3-5-9-38)63-37-49(50)65-48-34-46(59)51(33-45(48)58)80(75,76)66-57-62-22-31-79-57)23-24-69-25-27-70(28-26-69)56(74)39-12-14-41(15-13-39)64-52(71)11-7-29-77-42-16-18-43(19-17-42)78-30-21-61-55(73)44-32-53(72)68(2)54(44)40-10-6-20-60-36-40/h3-6,8-10,20,22,31,33-37,39,41-44,54,65H,7,11-19,21,23-30,32H2,1-2H3,(H,61,73)(H,62,66)(H,64,71)/t39?,41?,42?,43?,44-,54+/m0/s1. The number of nitrogens with one attached hydrogen (secondary N) is 4. The molecule has 23 heteroatoms. The van der Waals surface area contributed by atoms with Gasteiger partial charge in [0.05, 0.1) is 64.8 Å². The van der Waals surface area contributed by atoms with E-state index in [-0.39, 0.29) is 76.1 Å². The van der Waals surface area contributed by atoms with Crippen LogP contribution in [-0.4, -0.2) is 153 Å². The molecule has 2 saturated carbocycles. The van der Waals surface area contributed by atoms with Crippen LogP contribution in [-0.2, 0) is 38.7 Å². The lowest BCUT2D eigenvalue weighted by Crippen LogP contribution is -2.52. The van der Waals surface area contributed by atoms with E-state index in [1.807, 2.05) is 60.5 Å². The number of sulfonamides is 1. The molecule has 4 fully saturated rings. The lowest BCUT2D eigenvalue weighted by molar-refractivity contribution is -0.138. The summed E-state index contributed by atoms with van der Waals surface area (Å²) in [7, 11) is -0.609. The lowest BCUT2D eigenvalue weighted by atomic mass is 9.85. The van der Waals surface area contributed by atoms with Crippen LogP contribution in [0, 0.1) is 17.7 Å². The summed E-state index contributed by atoms with van der Waals surface area (Å²) >= 11 is 7.68. The number of thiazole rings is 1. The molecule has 0 radical (unpaired) electrons. The molecule has 3 aromatic heterocycles. The molecule has 5 heterocycles. The van der Waals surface area contributed by atoms with Crippen molar-refractivity contribution in [3.63, 3.8) is 0 Å². The van der Waals surface area contributed by atoms with E-state index in [9.17, 15) is 27.6 Å². The minimum atomic E-state index is -4.30. The molecule has 4 aliphatic rings. The van der Waals surface area contributed by atoms with Gasteiger partial charge < -0.3 is 40.1 Å². The van der Waals surface area contributed by atoms with Crippen molar-refractivity contribution in [1.82, 2.24) is 40.3 Å². The molecule has 2 aromatic carbocycles. The van der Waals surface area contributed by atoms with Gasteiger partial charge >= 0.3 is 0 Å². The average Bonchev–Trinajstić information content (AvgIpc) is 4.10. The van der Waals surface area contributed by atoms with Gasteiger partial charge in [0.1, 0.15) is 10.7 Å². The van der Waals surface area contributed by atoms with Crippen molar-refractivity contribution in [2.75, 3.05) is 88.1 Å². The number of carbonyl (C=O) groups is 4. The summed E-state index contributed by atoms with van der Waals surface area (Å²) in [5.41, 5.74) is 3.98. The van der Waals surface area contributed by atoms with Gasteiger partial charge in [0, 0.05) is 127 Å². The molecule has 4 amide bonds. The van der Waals surface area contributed by atoms with Crippen molar-refractivity contribution < 1.29 is 41.5 Å². The van der Waals surface area contributed by atoms with Gasteiger partial charge in [-0.1, -0.05) is 48.0 Å². The monoisotopic (exact) mass is 1160 g/mol. The van der Waals surface area contributed by atoms with Crippen LogP contribution in [0.1, 0.15) is 82.2 Å². The Labute approximate surface area is 476 Å². The fourth-order valence-electron chi connectivity index (χ4n) is 11.2. The summed E-state index contributed by atoms with van der Waals surface area (Å²) in [5.74, 6) is -1.53. The average molecular weight is 1160 g/mol. The number of hydrogen-bond donors (Lipinski definition) is 4. The van der Waals surface area contributed by atoms with Gasteiger partial charge in [0.2, 0.25) is 23.6 Å². The normalized spacial score (nSPS) is 21.7. The van der Waals surface area contributed by atoms with Gasteiger partial charge in [-0.2, -0.15) is 0 Å². The topological polar surface area (TPSA) is 221 Å². The zero-order chi connectivity index (χ0) is 56.2. The summed E-state index contributed by atoms with van der Waals surface area (Å²) in [4.78, 5) is 72.5. The van der Waals surface area contributed by atoms with Crippen molar-refractivity contribution in [3.05, 3.63) is 107 Å². The maximum absolute atomic E-state index is 15.5. The van der Waals surface area contributed by atoms with Crippen LogP contribution in [0.5, 0.6) is 0 Å². The van der Waals surface area contributed by atoms with Crippen LogP contribution in [0.25, 0.3) is 11.3 Å². The summed E-state index contributed by atoms with van der Waals surface area (Å²) in [6.07, 6.45) is 14.4. The second-order valence-corrected chi connectivity index (χ2v) is 24.0. The van der Waals surface area contributed by atoms with E-state index >= 15 is 4.39 Å². The number of aromatic nitrogens is 3. The number of nitrogens with zero attached hydrogens (tertiary/aromatic N) is 7. The van der Waals surface area contributed by atoms with E-state index in [4.69, 9.17) is 26.1 Å². The quantitative estimate of drug-likeness (QED) is 0.0462. The van der Waals surface area contributed by atoms with E-state index in [2.05, 4.69) is 40.4 Å². The largest absolute Gasteiger partial charge is 0.378 e. The summed E-state index contributed by atoms with van der Waals surface area (Å²) in [6.45, 7) is 5.34. The predicted octanol–water partition coefficient (Wildman–Crippen LogP) is 7.65. The zero-order valence-corrected chi connectivity index (χ0v) is 47.6. The first-order valence-corrected chi connectivity index (χ1v) is 30.3. The Morgan fingerprint density at radius 3 is 2.31 bits per heavy atom. The van der Waals surface area contributed by atoms with Crippen LogP contribution >= 0.6 is 22.9 Å². The van der Waals surface area contributed by atoms with Crippen LogP contribution in [0.15, 0.2) is 95.7 Å². The van der Waals surface area contributed by atoms with Crippen molar-refractivity contribution in [2.45, 2.75) is 99.8 Å². The first kappa shape index (κ1) is 58.4. The zero-order valence-electron chi connectivity index (χ0n) is 45.2. The van der Waals surface area contributed by atoms with Crippen molar-refractivity contribution in [2.24, 2.45) is 11.8 Å². The van der Waals surface area contributed by atoms with E-state index in [1.165, 1.54) is 6.20 Å². The van der Waals surface area contributed by atoms with Gasteiger partial charge in [0.25, 0.3) is 10.0 Å². The Morgan fingerprint density at radius 1 is 0.875 bits per heavy atom. The number of piperazine rings is 1. The molecule has 19 nitrogen and oxygen atoms in total.